The fraction of sp³-hybridized carbons (Fsp3) is 0.0833. The fourth-order valence-corrected chi connectivity index (χ4v) is 5.56. The molecule has 1 aliphatic rings. The van der Waals surface area contributed by atoms with E-state index >= 15 is 0 Å². The van der Waals surface area contributed by atoms with Crippen molar-refractivity contribution in [1.82, 2.24) is 4.98 Å². The Morgan fingerprint density at radius 1 is 1.18 bits per heavy atom. The van der Waals surface area contributed by atoms with Crippen molar-refractivity contribution in [3.8, 4) is 11.5 Å². The Morgan fingerprint density at radius 2 is 1.95 bits per heavy atom. The van der Waals surface area contributed by atoms with Gasteiger partial charge in [0.25, 0.3) is 10.0 Å². The first-order chi connectivity index (χ1) is 10.5. The van der Waals surface area contributed by atoms with Crippen LogP contribution >= 0.6 is 34.3 Å². The second kappa shape index (κ2) is 4.98. The number of nitrogens with zero attached hydrogens (tertiary/aromatic N) is 1. The van der Waals surface area contributed by atoms with E-state index in [-0.39, 0.29) is 16.1 Å². The highest BCUT2D eigenvalue weighted by atomic mass is 35.5. The van der Waals surface area contributed by atoms with E-state index in [1.54, 1.807) is 18.2 Å². The molecule has 3 heterocycles. The number of hydrogen-bond donors (Lipinski definition) is 1. The molecule has 1 N–H and O–H groups in total. The first kappa shape index (κ1) is 14.1. The molecular weight excluding hydrogens is 368 g/mol. The number of nitrogens with one attached hydrogen (secondary N) is 1. The predicted octanol–water partition coefficient (Wildman–Crippen LogP) is 3.54. The SMILES string of the molecule is O=S(=O)(Nc1nc2cc3c(cc2s1)OCO3)c1ccc(Cl)s1. The molecule has 0 radical (unpaired) electrons. The van der Waals surface area contributed by atoms with E-state index in [2.05, 4.69) is 9.71 Å². The van der Waals surface area contributed by atoms with Crippen LogP contribution in [-0.4, -0.2) is 20.2 Å². The summed E-state index contributed by atoms with van der Waals surface area (Å²) in [4.78, 5) is 4.27. The van der Waals surface area contributed by atoms with Crippen LogP contribution < -0.4 is 14.2 Å². The van der Waals surface area contributed by atoms with Crippen LogP contribution in [0.15, 0.2) is 28.5 Å². The molecule has 6 nitrogen and oxygen atoms in total. The van der Waals surface area contributed by atoms with Gasteiger partial charge in [-0.25, -0.2) is 13.4 Å². The van der Waals surface area contributed by atoms with Gasteiger partial charge in [-0.1, -0.05) is 22.9 Å². The molecule has 0 saturated carbocycles. The maximum Gasteiger partial charge on any atom is 0.273 e. The lowest BCUT2D eigenvalue weighted by Crippen LogP contribution is -2.10. The van der Waals surface area contributed by atoms with E-state index in [0.29, 0.717) is 21.4 Å². The third kappa shape index (κ3) is 2.39. The van der Waals surface area contributed by atoms with Crippen molar-refractivity contribution < 1.29 is 17.9 Å². The van der Waals surface area contributed by atoms with Crippen molar-refractivity contribution in [2.24, 2.45) is 0 Å². The Hall–Kier alpha value is -1.55. The van der Waals surface area contributed by atoms with E-state index in [0.717, 1.165) is 16.0 Å². The predicted molar refractivity (Wildman–Crippen MR) is 85.9 cm³/mol. The summed E-state index contributed by atoms with van der Waals surface area (Å²) in [6.07, 6.45) is 0. The van der Waals surface area contributed by atoms with Crippen LogP contribution in [0.5, 0.6) is 11.5 Å². The summed E-state index contributed by atoms with van der Waals surface area (Å²) < 4.78 is 38.9. The minimum Gasteiger partial charge on any atom is -0.454 e. The van der Waals surface area contributed by atoms with E-state index in [1.807, 2.05) is 0 Å². The number of anilines is 1. The number of halogens is 1. The van der Waals surface area contributed by atoms with Crippen LogP contribution in [0.25, 0.3) is 10.2 Å². The number of thiazole rings is 1. The molecule has 1 aliphatic heterocycles. The smallest absolute Gasteiger partial charge is 0.273 e. The van der Waals surface area contributed by atoms with Crippen molar-refractivity contribution in [3.63, 3.8) is 0 Å². The molecule has 0 unspecified atom stereocenters. The maximum atomic E-state index is 12.3. The standard InChI is InChI=1S/C12H7ClN2O4S3/c13-10-1-2-11(21-10)22(16,17)15-12-14-6-3-7-8(19-5-18-7)4-9(6)20-12/h1-4H,5H2,(H,14,15). The average molecular weight is 375 g/mol. The third-order valence-electron chi connectivity index (χ3n) is 2.92. The van der Waals surface area contributed by atoms with Crippen molar-refractivity contribution >= 4 is 59.6 Å². The molecule has 1 aromatic carbocycles. The first-order valence-corrected chi connectivity index (χ1v) is 9.49. The average Bonchev–Trinajstić information content (AvgIpc) is 3.13. The number of thiophene rings is 1. The van der Waals surface area contributed by atoms with Crippen molar-refractivity contribution in [3.05, 3.63) is 28.6 Å². The molecular formula is C12H7ClN2O4S3. The molecule has 2 aromatic heterocycles. The molecule has 0 atom stereocenters. The van der Waals surface area contributed by atoms with E-state index < -0.39 is 10.0 Å². The van der Waals surface area contributed by atoms with Gasteiger partial charge in [0.15, 0.2) is 16.6 Å². The molecule has 3 aromatic rings. The lowest BCUT2D eigenvalue weighted by Gasteiger charge is -2.01. The van der Waals surface area contributed by atoms with Crippen molar-refractivity contribution in [2.45, 2.75) is 4.21 Å². The summed E-state index contributed by atoms with van der Waals surface area (Å²) in [7, 11) is -3.68. The topological polar surface area (TPSA) is 77.5 Å². The Morgan fingerprint density at radius 3 is 2.68 bits per heavy atom. The zero-order valence-corrected chi connectivity index (χ0v) is 13.9. The minimum atomic E-state index is -3.68. The highest BCUT2D eigenvalue weighted by Gasteiger charge is 2.21. The van der Waals surface area contributed by atoms with Gasteiger partial charge in [-0.15, -0.1) is 11.3 Å². The molecule has 0 saturated heterocycles. The molecule has 0 bridgehead atoms. The Kier molecular flexibility index (Phi) is 3.19. The molecule has 0 amide bonds. The van der Waals surface area contributed by atoms with Gasteiger partial charge >= 0.3 is 0 Å². The van der Waals surface area contributed by atoms with Crippen molar-refractivity contribution in [1.29, 1.82) is 0 Å². The largest absolute Gasteiger partial charge is 0.454 e. The van der Waals surface area contributed by atoms with Crippen LogP contribution in [0.3, 0.4) is 0 Å². The zero-order chi connectivity index (χ0) is 15.3. The summed E-state index contributed by atoms with van der Waals surface area (Å²) in [6.45, 7) is 0.186. The van der Waals surface area contributed by atoms with Crippen LogP contribution in [0, 0.1) is 0 Å². The molecule has 4 rings (SSSR count). The zero-order valence-electron chi connectivity index (χ0n) is 10.7. The van der Waals surface area contributed by atoms with E-state index in [4.69, 9.17) is 21.1 Å². The summed E-state index contributed by atoms with van der Waals surface area (Å²) in [6, 6.07) is 6.51. The fourth-order valence-electron chi connectivity index (χ4n) is 1.97. The number of ether oxygens (including phenoxy) is 2. The maximum absolute atomic E-state index is 12.3. The number of aromatic nitrogens is 1. The van der Waals surface area contributed by atoms with Crippen LogP contribution in [0.2, 0.25) is 4.34 Å². The molecule has 22 heavy (non-hydrogen) atoms. The van der Waals surface area contributed by atoms with Gasteiger partial charge in [0.2, 0.25) is 6.79 Å². The van der Waals surface area contributed by atoms with Gasteiger partial charge in [-0.2, -0.15) is 0 Å². The van der Waals surface area contributed by atoms with Gasteiger partial charge in [-0.3, -0.25) is 4.72 Å². The lowest BCUT2D eigenvalue weighted by atomic mass is 10.3. The van der Waals surface area contributed by atoms with Gasteiger partial charge in [0, 0.05) is 12.1 Å². The van der Waals surface area contributed by atoms with E-state index in [1.165, 1.54) is 17.4 Å². The quantitative estimate of drug-likeness (QED) is 0.758. The van der Waals surface area contributed by atoms with Gasteiger partial charge in [0.1, 0.15) is 4.21 Å². The molecule has 0 aliphatic carbocycles. The van der Waals surface area contributed by atoms with Crippen molar-refractivity contribution in [2.75, 3.05) is 11.5 Å². The second-order valence-corrected chi connectivity index (χ2v) is 9.01. The monoisotopic (exact) mass is 374 g/mol. The highest BCUT2D eigenvalue weighted by molar-refractivity contribution is 7.95. The number of hydrogen-bond acceptors (Lipinski definition) is 7. The van der Waals surface area contributed by atoms with Crippen LogP contribution in [0.4, 0.5) is 5.13 Å². The summed E-state index contributed by atoms with van der Waals surface area (Å²) in [5.41, 5.74) is 0.649. The normalized spacial score (nSPS) is 13.7. The summed E-state index contributed by atoms with van der Waals surface area (Å²) in [5.74, 6) is 1.24. The van der Waals surface area contributed by atoms with Crippen LogP contribution in [-0.2, 0) is 10.0 Å². The Balaban J connectivity index is 1.70. The Labute approximate surface area is 138 Å². The minimum absolute atomic E-state index is 0.144. The number of fused-ring (bicyclic) bond motifs is 2. The van der Waals surface area contributed by atoms with Gasteiger partial charge in [-0.05, 0) is 12.1 Å². The molecule has 0 spiro atoms. The second-order valence-electron chi connectivity index (χ2n) is 4.36. The summed E-state index contributed by atoms with van der Waals surface area (Å²) in [5, 5.41) is 0.281. The molecule has 114 valence electrons. The van der Waals surface area contributed by atoms with Gasteiger partial charge < -0.3 is 9.47 Å². The number of sulfonamides is 1. The summed E-state index contributed by atoms with van der Waals surface area (Å²) >= 11 is 7.99. The lowest BCUT2D eigenvalue weighted by molar-refractivity contribution is 0.174. The highest BCUT2D eigenvalue weighted by Crippen LogP contribution is 2.39. The number of rotatable bonds is 3. The van der Waals surface area contributed by atoms with E-state index in [9.17, 15) is 8.42 Å². The molecule has 0 fully saturated rings. The Bertz CT molecular complexity index is 939. The first-order valence-electron chi connectivity index (χ1n) is 6.00. The van der Waals surface area contributed by atoms with Gasteiger partial charge in [0.05, 0.1) is 14.6 Å². The third-order valence-corrected chi connectivity index (χ3v) is 7.04. The molecule has 10 heteroatoms. The van der Waals surface area contributed by atoms with Crippen LogP contribution in [0.1, 0.15) is 0 Å². The number of benzene rings is 1.